The molecule has 0 saturated carbocycles. The van der Waals surface area contributed by atoms with Crippen molar-refractivity contribution in [2.45, 2.75) is 45.6 Å². The van der Waals surface area contributed by atoms with Crippen molar-refractivity contribution in [3.63, 3.8) is 0 Å². The van der Waals surface area contributed by atoms with Gasteiger partial charge in [0.1, 0.15) is 0 Å². The second-order valence-electron chi connectivity index (χ2n) is 7.56. The highest BCUT2D eigenvalue weighted by Crippen LogP contribution is 2.41. The molecule has 24 heavy (non-hydrogen) atoms. The van der Waals surface area contributed by atoms with Gasteiger partial charge < -0.3 is 14.5 Å². The quantitative estimate of drug-likeness (QED) is 0.730. The Labute approximate surface area is 146 Å². The number of ether oxygens (including phenoxy) is 1. The molecule has 2 amide bonds. The topological polar surface area (TPSA) is 53.1 Å². The lowest BCUT2D eigenvalue weighted by molar-refractivity contribution is -0.138. The van der Waals surface area contributed by atoms with Crippen LogP contribution in [-0.4, -0.2) is 86.0 Å². The predicted molar refractivity (Wildman–Crippen MR) is 93.7 cm³/mol. The second-order valence-corrected chi connectivity index (χ2v) is 7.56. The van der Waals surface area contributed by atoms with Gasteiger partial charge >= 0.3 is 0 Å². The number of amides is 2. The number of hydrogen-bond donors (Lipinski definition) is 0. The van der Waals surface area contributed by atoms with Crippen molar-refractivity contribution in [2.75, 3.05) is 53.5 Å². The van der Waals surface area contributed by atoms with E-state index in [1.165, 1.54) is 0 Å². The van der Waals surface area contributed by atoms with Crippen LogP contribution < -0.4 is 0 Å². The molecule has 1 spiro atoms. The van der Waals surface area contributed by atoms with Gasteiger partial charge in [-0.2, -0.15) is 0 Å². The van der Waals surface area contributed by atoms with Gasteiger partial charge in [0.25, 0.3) is 0 Å². The Hall–Kier alpha value is -1.14. The lowest BCUT2D eigenvalue weighted by Crippen LogP contribution is -2.42. The highest BCUT2D eigenvalue weighted by molar-refractivity contribution is 5.85. The Morgan fingerprint density at radius 3 is 2.62 bits per heavy atom. The molecule has 2 heterocycles. The Bertz CT molecular complexity index is 455. The van der Waals surface area contributed by atoms with Crippen LogP contribution in [0.1, 0.15) is 39.5 Å². The second kappa shape index (κ2) is 8.30. The molecule has 1 atom stereocenters. The molecule has 2 aliphatic rings. The molecule has 2 fully saturated rings. The predicted octanol–water partition coefficient (Wildman–Crippen LogP) is 1.20. The van der Waals surface area contributed by atoms with E-state index in [2.05, 4.69) is 18.7 Å². The van der Waals surface area contributed by atoms with Crippen LogP contribution in [0.2, 0.25) is 0 Å². The van der Waals surface area contributed by atoms with E-state index in [1.807, 2.05) is 16.8 Å². The van der Waals surface area contributed by atoms with Crippen LogP contribution in [0.15, 0.2) is 0 Å². The molecule has 6 heteroatoms. The number of hydrogen-bond acceptors (Lipinski definition) is 4. The maximum Gasteiger partial charge on any atom is 0.236 e. The third-order valence-corrected chi connectivity index (χ3v) is 5.73. The van der Waals surface area contributed by atoms with Gasteiger partial charge in [-0.05, 0) is 46.6 Å². The number of rotatable bonds is 6. The van der Waals surface area contributed by atoms with Crippen molar-refractivity contribution < 1.29 is 14.3 Å². The number of methoxy groups -OCH3 is 1. The Balaban J connectivity index is 1.93. The van der Waals surface area contributed by atoms with Crippen LogP contribution in [0.3, 0.4) is 0 Å². The summed E-state index contributed by atoms with van der Waals surface area (Å²) in [6, 6.07) is 0.359. The average Bonchev–Trinajstić information content (AvgIpc) is 2.73. The lowest BCUT2D eigenvalue weighted by atomic mass is 9.79. The largest absolute Gasteiger partial charge is 0.383 e. The standard InChI is InChI=1S/C18H33N3O3/c1-15(2)19(3)14-16(22)20-9-5-6-18(7-10-20)8-11-21(17(18)23)12-13-24-4/h15H,5-14H2,1-4H3. The molecule has 6 nitrogen and oxygen atoms in total. The van der Waals surface area contributed by atoms with Gasteiger partial charge in [0.15, 0.2) is 0 Å². The first-order valence-electron chi connectivity index (χ1n) is 9.16. The number of nitrogens with zero attached hydrogens (tertiary/aromatic N) is 3. The molecule has 0 radical (unpaired) electrons. The molecule has 0 aromatic rings. The third-order valence-electron chi connectivity index (χ3n) is 5.73. The SMILES string of the molecule is COCCN1CCC2(CCCN(C(=O)CN(C)C(C)C)CC2)C1=O. The number of carbonyl (C=O) groups is 2. The maximum atomic E-state index is 12.8. The first-order chi connectivity index (χ1) is 11.4. The first kappa shape index (κ1) is 19.2. The summed E-state index contributed by atoms with van der Waals surface area (Å²) in [5, 5.41) is 0. The smallest absolute Gasteiger partial charge is 0.236 e. The van der Waals surface area contributed by atoms with E-state index in [0.717, 1.165) is 38.8 Å². The molecule has 1 unspecified atom stereocenters. The van der Waals surface area contributed by atoms with Crippen molar-refractivity contribution >= 4 is 11.8 Å². The van der Waals surface area contributed by atoms with Gasteiger partial charge in [-0.25, -0.2) is 0 Å². The zero-order valence-corrected chi connectivity index (χ0v) is 15.7. The summed E-state index contributed by atoms with van der Waals surface area (Å²) in [6.45, 7) is 8.22. The molecule has 0 N–H and O–H groups in total. The van der Waals surface area contributed by atoms with Gasteiger partial charge in [-0.15, -0.1) is 0 Å². The minimum Gasteiger partial charge on any atom is -0.383 e. The van der Waals surface area contributed by atoms with Crippen molar-refractivity contribution in [3.05, 3.63) is 0 Å². The lowest BCUT2D eigenvalue weighted by Gasteiger charge is -2.28. The number of likely N-dealkylation sites (tertiary alicyclic amines) is 2. The van der Waals surface area contributed by atoms with Gasteiger partial charge in [-0.1, -0.05) is 0 Å². The van der Waals surface area contributed by atoms with Gasteiger partial charge in [0, 0.05) is 39.3 Å². The van der Waals surface area contributed by atoms with E-state index in [4.69, 9.17) is 4.74 Å². The molecule has 2 rings (SSSR count). The number of carbonyl (C=O) groups excluding carboxylic acids is 2. The summed E-state index contributed by atoms with van der Waals surface area (Å²) in [5.41, 5.74) is -0.243. The molecule has 2 aliphatic heterocycles. The molecule has 0 aliphatic carbocycles. The molecule has 2 saturated heterocycles. The summed E-state index contributed by atoms with van der Waals surface area (Å²) < 4.78 is 5.11. The van der Waals surface area contributed by atoms with Crippen LogP contribution in [-0.2, 0) is 14.3 Å². The average molecular weight is 339 g/mol. The van der Waals surface area contributed by atoms with E-state index in [-0.39, 0.29) is 17.2 Å². The summed E-state index contributed by atoms with van der Waals surface area (Å²) in [7, 11) is 3.65. The molecular weight excluding hydrogens is 306 g/mol. The van der Waals surface area contributed by atoms with Crippen LogP contribution in [0, 0.1) is 5.41 Å². The van der Waals surface area contributed by atoms with Crippen molar-refractivity contribution in [1.29, 1.82) is 0 Å². The Morgan fingerprint density at radius 2 is 1.96 bits per heavy atom. The third kappa shape index (κ3) is 4.28. The van der Waals surface area contributed by atoms with Crippen molar-refractivity contribution in [1.82, 2.24) is 14.7 Å². The van der Waals surface area contributed by atoms with Crippen molar-refractivity contribution in [2.24, 2.45) is 5.41 Å². The molecule has 0 aromatic carbocycles. The maximum absolute atomic E-state index is 12.8. The van der Waals surface area contributed by atoms with Gasteiger partial charge in [0.05, 0.1) is 18.6 Å². The summed E-state index contributed by atoms with van der Waals surface area (Å²) in [6.07, 6.45) is 3.54. The van der Waals surface area contributed by atoms with E-state index >= 15 is 0 Å². The fraction of sp³-hybridized carbons (Fsp3) is 0.889. The highest BCUT2D eigenvalue weighted by atomic mass is 16.5. The molecule has 138 valence electrons. The van der Waals surface area contributed by atoms with Crippen LogP contribution in [0.25, 0.3) is 0 Å². The fourth-order valence-electron chi connectivity index (χ4n) is 3.71. The molecular formula is C18H33N3O3. The first-order valence-corrected chi connectivity index (χ1v) is 9.16. The van der Waals surface area contributed by atoms with Crippen LogP contribution in [0.4, 0.5) is 0 Å². The zero-order valence-electron chi connectivity index (χ0n) is 15.7. The zero-order chi connectivity index (χ0) is 17.7. The Morgan fingerprint density at radius 1 is 1.25 bits per heavy atom. The van der Waals surface area contributed by atoms with E-state index in [1.54, 1.807) is 7.11 Å². The van der Waals surface area contributed by atoms with E-state index in [0.29, 0.717) is 32.3 Å². The van der Waals surface area contributed by atoms with Gasteiger partial charge in [-0.3, -0.25) is 14.5 Å². The monoisotopic (exact) mass is 339 g/mol. The fourth-order valence-corrected chi connectivity index (χ4v) is 3.71. The minimum absolute atomic E-state index is 0.185. The van der Waals surface area contributed by atoms with E-state index in [9.17, 15) is 9.59 Å². The van der Waals surface area contributed by atoms with E-state index < -0.39 is 0 Å². The highest BCUT2D eigenvalue weighted by Gasteiger charge is 2.46. The normalized spacial score (nSPS) is 25.2. The van der Waals surface area contributed by atoms with Crippen LogP contribution >= 0.6 is 0 Å². The summed E-state index contributed by atoms with van der Waals surface area (Å²) >= 11 is 0. The van der Waals surface area contributed by atoms with Crippen LogP contribution in [0.5, 0.6) is 0 Å². The van der Waals surface area contributed by atoms with Gasteiger partial charge in [0.2, 0.25) is 11.8 Å². The summed E-state index contributed by atoms with van der Waals surface area (Å²) in [4.78, 5) is 31.3. The molecule has 0 bridgehead atoms. The number of likely N-dealkylation sites (N-methyl/N-ethyl adjacent to an activating group) is 1. The van der Waals surface area contributed by atoms with Crippen molar-refractivity contribution in [3.8, 4) is 0 Å². The summed E-state index contributed by atoms with van der Waals surface area (Å²) in [5.74, 6) is 0.457. The minimum atomic E-state index is -0.243. The Kier molecular flexibility index (Phi) is 6.63. The molecule has 0 aromatic heterocycles.